The number of rotatable bonds is 4. The van der Waals surface area contributed by atoms with Gasteiger partial charge < -0.3 is 5.32 Å². The molecule has 4 nitrogen and oxygen atoms in total. The van der Waals surface area contributed by atoms with Crippen LogP contribution in [0.5, 0.6) is 0 Å². The molecule has 19 heavy (non-hydrogen) atoms. The van der Waals surface area contributed by atoms with Crippen LogP contribution in [0.2, 0.25) is 0 Å². The molecule has 1 fully saturated rings. The van der Waals surface area contributed by atoms with Gasteiger partial charge in [-0.3, -0.25) is 10.1 Å². The van der Waals surface area contributed by atoms with E-state index in [1.807, 2.05) is 34.7 Å². The van der Waals surface area contributed by atoms with Crippen molar-refractivity contribution in [3.8, 4) is 0 Å². The normalized spacial score (nSPS) is 26.4. The molecule has 0 spiro atoms. The molecule has 0 amide bonds. The van der Waals surface area contributed by atoms with Crippen LogP contribution in [0.25, 0.3) is 0 Å². The van der Waals surface area contributed by atoms with Crippen LogP contribution in [0.1, 0.15) is 33.1 Å². The third-order valence-corrected chi connectivity index (χ3v) is 5.11. The van der Waals surface area contributed by atoms with Gasteiger partial charge in [-0.15, -0.1) is 0 Å². The molecule has 2 rings (SSSR count). The second-order valence-electron chi connectivity index (χ2n) is 5.28. The molecular weight excluding hydrogens is 355 g/mol. The van der Waals surface area contributed by atoms with Crippen molar-refractivity contribution in [2.75, 3.05) is 5.32 Å². The predicted molar refractivity (Wildman–Crippen MR) is 85.4 cm³/mol. The topological polar surface area (TPSA) is 55.2 Å². The molecular formula is C14H19IN2O2. The fraction of sp³-hybridized carbons (Fsp3) is 0.571. The van der Waals surface area contributed by atoms with E-state index in [0.717, 1.165) is 11.6 Å². The molecule has 0 saturated heterocycles. The molecule has 1 aliphatic carbocycles. The first-order chi connectivity index (χ1) is 9.02. The van der Waals surface area contributed by atoms with E-state index < -0.39 is 0 Å². The maximum Gasteiger partial charge on any atom is 0.282 e. The molecule has 104 valence electrons. The highest BCUT2D eigenvalue weighted by atomic mass is 127. The Morgan fingerprint density at radius 1 is 1.47 bits per heavy atom. The molecule has 0 bridgehead atoms. The molecule has 0 heterocycles. The highest BCUT2D eigenvalue weighted by Gasteiger charge is 2.31. The standard InChI is InChI=1S/C14H19IN2O2/c1-3-10-4-6-13(9(10)2)16-11-5-7-14(17(18)19)12(15)8-11/h5,7-10,13,16H,3-4,6H2,1-2H3. The Morgan fingerprint density at radius 2 is 2.21 bits per heavy atom. The molecule has 5 heteroatoms. The number of benzene rings is 1. The van der Waals surface area contributed by atoms with Gasteiger partial charge in [0.15, 0.2) is 0 Å². The smallest absolute Gasteiger partial charge is 0.282 e. The van der Waals surface area contributed by atoms with E-state index in [1.54, 1.807) is 6.07 Å². The van der Waals surface area contributed by atoms with Crippen molar-refractivity contribution < 1.29 is 4.92 Å². The van der Waals surface area contributed by atoms with Gasteiger partial charge in [0.25, 0.3) is 5.69 Å². The van der Waals surface area contributed by atoms with E-state index >= 15 is 0 Å². The number of halogens is 1. The lowest BCUT2D eigenvalue weighted by Crippen LogP contribution is -2.24. The molecule has 3 atom stereocenters. The highest BCUT2D eigenvalue weighted by Crippen LogP contribution is 2.36. The summed E-state index contributed by atoms with van der Waals surface area (Å²) in [4.78, 5) is 10.5. The number of nitrogens with one attached hydrogen (secondary N) is 1. The fourth-order valence-corrected chi connectivity index (χ4v) is 3.70. The number of nitro benzene ring substituents is 1. The minimum atomic E-state index is -0.336. The summed E-state index contributed by atoms with van der Waals surface area (Å²) in [5, 5.41) is 14.3. The Bertz CT molecular complexity index is 479. The first-order valence-corrected chi connectivity index (χ1v) is 7.81. The summed E-state index contributed by atoms with van der Waals surface area (Å²) in [5.41, 5.74) is 1.17. The van der Waals surface area contributed by atoms with Crippen molar-refractivity contribution in [1.82, 2.24) is 0 Å². The molecule has 0 aromatic heterocycles. The number of hydrogen-bond acceptors (Lipinski definition) is 3. The summed E-state index contributed by atoms with van der Waals surface area (Å²) in [6.07, 6.45) is 3.70. The average molecular weight is 374 g/mol. The van der Waals surface area contributed by atoms with Gasteiger partial charge in [-0.05, 0) is 59.4 Å². The Labute approximate surface area is 127 Å². The van der Waals surface area contributed by atoms with Gasteiger partial charge >= 0.3 is 0 Å². The summed E-state index contributed by atoms with van der Waals surface area (Å²) < 4.78 is 0.685. The van der Waals surface area contributed by atoms with Crippen LogP contribution in [0.4, 0.5) is 11.4 Å². The van der Waals surface area contributed by atoms with Crippen molar-refractivity contribution in [1.29, 1.82) is 0 Å². The first-order valence-electron chi connectivity index (χ1n) is 6.73. The van der Waals surface area contributed by atoms with Gasteiger partial charge in [0.05, 0.1) is 8.49 Å². The van der Waals surface area contributed by atoms with Crippen molar-refractivity contribution in [2.45, 2.75) is 39.2 Å². The van der Waals surface area contributed by atoms with Crippen LogP contribution in [0.15, 0.2) is 18.2 Å². The number of nitrogens with zero attached hydrogens (tertiary/aromatic N) is 1. The van der Waals surface area contributed by atoms with E-state index in [4.69, 9.17) is 0 Å². The molecule has 1 aromatic carbocycles. The number of hydrogen-bond donors (Lipinski definition) is 1. The quantitative estimate of drug-likeness (QED) is 0.482. The number of anilines is 1. The Balaban J connectivity index is 2.08. The summed E-state index contributed by atoms with van der Waals surface area (Å²) in [6.45, 7) is 4.55. The van der Waals surface area contributed by atoms with Crippen molar-refractivity contribution in [3.05, 3.63) is 31.9 Å². The van der Waals surface area contributed by atoms with Gasteiger partial charge in [0.2, 0.25) is 0 Å². The Morgan fingerprint density at radius 3 is 2.74 bits per heavy atom. The van der Waals surface area contributed by atoms with Gasteiger partial charge in [-0.2, -0.15) is 0 Å². The molecule has 1 aromatic rings. The monoisotopic (exact) mass is 374 g/mol. The zero-order valence-electron chi connectivity index (χ0n) is 11.2. The van der Waals surface area contributed by atoms with Crippen LogP contribution in [0.3, 0.4) is 0 Å². The summed E-state index contributed by atoms with van der Waals surface area (Å²) >= 11 is 2.02. The molecule has 1 N–H and O–H groups in total. The number of nitro groups is 1. The lowest BCUT2D eigenvalue weighted by Gasteiger charge is -2.22. The minimum absolute atomic E-state index is 0.178. The van der Waals surface area contributed by atoms with Crippen molar-refractivity contribution in [3.63, 3.8) is 0 Å². The van der Waals surface area contributed by atoms with E-state index in [9.17, 15) is 10.1 Å². The van der Waals surface area contributed by atoms with Crippen LogP contribution in [-0.4, -0.2) is 11.0 Å². The molecule has 3 unspecified atom stereocenters. The van der Waals surface area contributed by atoms with Crippen LogP contribution < -0.4 is 5.32 Å². The Kier molecular flexibility index (Phi) is 4.65. The predicted octanol–water partition coefficient (Wildman–Crippen LogP) is 4.44. The third-order valence-electron chi connectivity index (χ3n) is 4.25. The maximum atomic E-state index is 10.8. The van der Waals surface area contributed by atoms with Gasteiger partial charge in [0, 0.05) is 17.8 Å². The van der Waals surface area contributed by atoms with Crippen molar-refractivity contribution >= 4 is 34.0 Å². The van der Waals surface area contributed by atoms with E-state index in [1.165, 1.54) is 19.3 Å². The van der Waals surface area contributed by atoms with Crippen LogP contribution in [0, 0.1) is 25.5 Å². The second-order valence-corrected chi connectivity index (χ2v) is 6.44. The van der Waals surface area contributed by atoms with Gasteiger partial charge in [-0.25, -0.2) is 0 Å². The average Bonchev–Trinajstić information content (AvgIpc) is 2.70. The second kappa shape index (κ2) is 6.07. The lowest BCUT2D eigenvalue weighted by molar-refractivity contribution is -0.385. The molecule has 0 aliphatic heterocycles. The SMILES string of the molecule is CCC1CCC(Nc2ccc([N+](=O)[O-])c(I)c2)C1C. The first kappa shape index (κ1) is 14.6. The minimum Gasteiger partial charge on any atom is -0.382 e. The molecule has 1 aliphatic rings. The zero-order valence-corrected chi connectivity index (χ0v) is 13.4. The fourth-order valence-electron chi connectivity index (χ4n) is 2.99. The highest BCUT2D eigenvalue weighted by molar-refractivity contribution is 14.1. The summed E-state index contributed by atoms with van der Waals surface area (Å²) in [6, 6.07) is 5.75. The summed E-state index contributed by atoms with van der Waals surface area (Å²) in [5.74, 6) is 1.47. The summed E-state index contributed by atoms with van der Waals surface area (Å²) in [7, 11) is 0. The van der Waals surface area contributed by atoms with Crippen LogP contribution in [-0.2, 0) is 0 Å². The zero-order chi connectivity index (χ0) is 14.0. The lowest BCUT2D eigenvalue weighted by atomic mass is 9.93. The van der Waals surface area contributed by atoms with E-state index in [0.29, 0.717) is 15.5 Å². The van der Waals surface area contributed by atoms with Gasteiger partial charge in [0.1, 0.15) is 0 Å². The van der Waals surface area contributed by atoms with Gasteiger partial charge in [-0.1, -0.05) is 20.3 Å². The largest absolute Gasteiger partial charge is 0.382 e. The Hall–Kier alpha value is -0.850. The molecule has 0 radical (unpaired) electrons. The van der Waals surface area contributed by atoms with Crippen molar-refractivity contribution in [2.24, 2.45) is 11.8 Å². The van der Waals surface area contributed by atoms with E-state index in [2.05, 4.69) is 19.2 Å². The van der Waals surface area contributed by atoms with Crippen LogP contribution >= 0.6 is 22.6 Å². The third kappa shape index (κ3) is 3.19. The maximum absolute atomic E-state index is 10.8. The molecule has 1 saturated carbocycles. The van der Waals surface area contributed by atoms with E-state index in [-0.39, 0.29) is 10.6 Å².